The van der Waals surface area contributed by atoms with Crippen molar-refractivity contribution in [2.24, 2.45) is 5.92 Å². The first-order valence-corrected chi connectivity index (χ1v) is 10.2. The number of carbonyl (C=O) groups excluding carboxylic acids is 2. The summed E-state index contributed by atoms with van der Waals surface area (Å²) in [5, 5.41) is 4.34. The molecule has 0 aromatic heterocycles. The third-order valence-electron chi connectivity index (χ3n) is 6.76. The Morgan fingerprint density at radius 2 is 1.50 bits per heavy atom. The van der Waals surface area contributed by atoms with Gasteiger partial charge in [-0.25, -0.2) is 14.9 Å². The number of hydrogen-bond donors (Lipinski definition) is 0. The Kier molecular flexibility index (Phi) is 4.34. The molecule has 0 N–H and O–H groups in total. The van der Waals surface area contributed by atoms with E-state index in [0.29, 0.717) is 11.4 Å². The van der Waals surface area contributed by atoms with E-state index >= 15 is 0 Å². The van der Waals surface area contributed by atoms with Gasteiger partial charge in [0.25, 0.3) is 5.91 Å². The van der Waals surface area contributed by atoms with Gasteiger partial charge < -0.3 is 9.47 Å². The monoisotopic (exact) mass is 407 g/mol. The van der Waals surface area contributed by atoms with Gasteiger partial charge in [0.05, 0.1) is 31.9 Å². The summed E-state index contributed by atoms with van der Waals surface area (Å²) in [6, 6.07) is 14.7. The van der Waals surface area contributed by atoms with Crippen LogP contribution in [-0.4, -0.2) is 54.7 Å². The molecule has 30 heavy (non-hydrogen) atoms. The predicted octanol–water partition coefficient (Wildman–Crippen LogP) is 2.63. The van der Waals surface area contributed by atoms with Crippen molar-refractivity contribution in [2.45, 2.75) is 24.9 Å². The Bertz CT molecular complexity index is 991. The van der Waals surface area contributed by atoms with Gasteiger partial charge in [0, 0.05) is 13.1 Å². The van der Waals surface area contributed by atoms with E-state index in [1.165, 1.54) is 4.90 Å². The lowest BCUT2D eigenvalue weighted by Crippen LogP contribution is -2.52. The van der Waals surface area contributed by atoms with Crippen molar-refractivity contribution in [3.63, 3.8) is 0 Å². The fourth-order valence-corrected chi connectivity index (χ4v) is 5.29. The molecule has 3 atom stereocenters. The fraction of sp³-hybridized carbons (Fsp3) is 0.391. The van der Waals surface area contributed by atoms with Gasteiger partial charge in [-0.15, -0.1) is 0 Å². The molecule has 3 unspecified atom stereocenters. The van der Waals surface area contributed by atoms with Gasteiger partial charge in [-0.3, -0.25) is 9.59 Å². The molecule has 3 saturated heterocycles. The van der Waals surface area contributed by atoms with E-state index in [1.54, 1.807) is 38.5 Å². The molecule has 2 aromatic rings. The molecule has 3 aliphatic heterocycles. The summed E-state index contributed by atoms with van der Waals surface area (Å²) >= 11 is 0. The molecule has 0 radical (unpaired) electrons. The van der Waals surface area contributed by atoms with Crippen LogP contribution in [0, 0.1) is 5.92 Å². The smallest absolute Gasteiger partial charge is 0.256 e. The molecule has 0 bridgehead atoms. The van der Waals surface area contributed by atoms with Crippen LogP contribution in [0.3, 0.4) is 0 Å². The highest BCUT2D eigenvalue weighted by molar-refractivity contribution is 6.26. The van der Waals surface area contributed by atoms with Crippen LogP contribution < -0.4 is 14.4 Å². The quantitative estimate of drug-likeness (QED) is 0.726. The van der Waals surface area contributed by atoms with E-state index in [1.807, 2.05) is 31.2 Å². The van der Waals surface area contributed by atoms with Gasteiger partial charge in [0.15, 0.2) is 0 Å². The Labute approximate surface area is 175 Å². The van der Waals surface area contributed by atoms with E-state index in [2.05, 4.69) is 10.0 Å². The zero-order valence-corrected chi connectivity index (χ0v) is 17.4. The van der Waals surface area contributed by atoms with Crippen LogP contribution in [0.4, 0.5) is 5.69 Å². The first kappa shape index (κ1) is 19.1. The number of nitrogens with zero attached hydrogens (tertiary/aromatic N) is 3. The third-order valence-corrected chi connectivity index (χ3v) is 6.76. The standard InChI is InChI=1S/C23H25N3O4/c1-23-19(21(27)26(22(23)28)16-7-11-18(30-3)12-8-16)20(24-13-4-14-25(23)24)15-5-9-17(29-2)10-6-15/h5-12,19-20H,4,13-14H2,1-3H3. The average molecular weight is 407 g/mol. The van der Waals surface area contributed by atoms with Crippen molar-refractivity contribution >= 4 is 17.5 Å². The number of anilines is 1. The van der Waals surface area contributed by atoms with Crippen LogP contribution >= 0.6 is 0 Å². The number of imide groups is 1. The number of fused-ring (bicyclic) bond motifs is 3. The molecular formula is C23H25N3O4. The highest BCUT2D eigenvalue weighted by Crippen LogP contribution is 2.54. The van der Waals surface area contributed by atoms with E-state index in [-0.39, 0.29) is 17.9 Å². The zero-order valence-electron chi connectivity index (χ0n) is 17.4. The van der Waals surface area contributed by atoms with Crippen molar-refractivity contribution < 1.29 is 19.1 Å². The lowest BCUT2D eigenvalue weighted by molar-refractivity contribution is -0.131. The summed E-state index contributed by atoms with van der Waals surface area (Å²) in [4.78, 5) is 28.7. The molecule has 7 nitrogen and oxygen atoms in total. The van der Waals surface area contributed by atoms with Crippen molar-refractivity contribution in [2.75, 3.05) is 32.2 Å². The molecule has 2 amide bonds. The topological polar surface area (TPSA) is 62.3 Å². The lowest BCUT2D eigenvalue weighted by Gasteiger charge is -2.33. The third kappa shape index (κ3) is 2.45. The number of rotatable bonds is 4. The largest absolute Gasteiger partial charge is 0.497 e. The molecule has 3 aliphatic rings. The van der Waals surface area contributed by atoms with E-state index in [4.69, 9.17) is 9.47 Å². The second kappa shape index (κ2) is 6.82. The summed E-state index contributed by atoms with van der Waals surface area (Å²) in [5.41, 5.74) is 0.716. The minimum atomic E-state index is -0.891. The van der Waals surface area contributed by atoms with Crippen LogP contribution in [0.2, 0.25) is 0 Å². The molecule has 3 fully saturated rings. The summed E-state index contributed by atoms with van der Waals surface area (Å²) in [6.45, 7) is 3.53. The van der Waals surface area contributed by atoms with Crippen LogP contribution in [0.5, 0.6) is 11.5 Å². The van der Waals surface area contributed by atoms with Crippen molar-refractivity contribution in [3.05, 3.63) is 54.1 Å². The molecule has 0 aliphatic carbocycles. The summed E-state index contributed by atoms with van der Waals surface area (Å²) < 4.78 is 10.5. The molecular weight excluding hydrogens is 382 g/mol. The molecule has 0 spiro atoms. The summed E-state index contributed by atoms with van der Waals surface area (Å²) in [7, 11) is 3.23. The SMILES string of the molecule is COc1ccc(C2C3C(=O)N(c4ccc(OC)cc4)C(=O)C3(C)N3CCCN23)cc1. The molecule has 156 valence electrons. The van der Waals surface area contributed by atoms with Crippen LogP contribution in [0.15, 0.2) is 48.5 Å². The fourth-order valence-electron chi connectivity index (χ4n) is 5.29. The highest BCUT2D eigenvalue weighted by Gasteiger charge is 2.70. The second-order valence-corrected chi connectivity index (χ2v) is 8.16. The van der Waals surface area contributed by atoms with Gasteiger partial charge in [-0.1, -0.05) is 12.1 Å². The van der Waals surface area contributed by atoms with E-state index in [0.717, 1.165) is 30.8 Å². The number of amides is 2. The number of hydrazine groups is 1. The number of benzene rings is 2. The zero-order chi connectivity index (χ0) is 21.0. The Balaban J connectivity index is 1.58. The Morgan fingerprint density at radius 3 is 2.10 bits per heavy atom. The predicted molar refractivity (Wildman–Crippen MR) is 111 cm³/mol. The highest BCUT2D eigenvalue weighted by atomic mass is 16.5. The maximum Gasteiger partial charge on any atom is 0.256 e. The van der Waals surface area contributed by atoms with Crippen molar-refractivity contribution in [1.29, 1.82) is 0 Å². The molecule has 3 heterocycles. The minimum absolute atomic E-state index is 0.150. The van der Waals surface area contributed by atoms with E-state index in [9.17, 15) is 9.59 Å². The molecule has 7 heteroatoms. The van der Waals surface area contributed by atoms with Crippen LogP contribution in [0.1, 0.15) is 24.9 Å². The maximum atomic E-state index is 13.7. The summed E-state index contributed by atoms with van der Waals surface area (Å²) in [5.74, 6) is 0.673. The normalized spacial score (nSPS) is 28.7. The average Bonchev–Trinajstić information content (AvgIpc) is 3.40. The number of carbonyl (C=O) groups is 2. The second-order valence-electron chi connectivity index (χ2n) is 8.16. The van der Waals surface area contributed by atoms with Crippen molar-refractivity contribution in [3.8, 4) is 11.5 Å². The van der Waals surface area contributed by atoms with Gasteiger partial charge >= 0.3 is 0 Å². The summed E-state index contributed by atoms with van der Waals surface area (Å²) in [6.07, 6.45) is 0.971. The molecule has 5 rings (SSSR count). The van der Waals surface area contributed by atoms with Gasteiger partial charge in [-0.05, 0) is 55.3 Å². The van der Waals surface area contributed by atoms with Gasteiger partial charge in [-0.2, -0.15) is 0 Å². The van der Waals surface area contributed by atoms with Crippen LogP contribution in [-0.2, 0) is 9.59 Å². The first-order chi connectivity index (χ1) is 14.5. The Morgan fingerprint density at radius 1 is 0.900 bits per heavy atom. The van der Waals surface area contributed by atoms with Crippen LogP contribution in [0.25, 0.3) is 0 Å². The maximum absolute atomic E-state index is 13.7. The van der Waals surface area contributed by atoms with Gasteiger partial charge in [0.1, 0.15) is 17.0 Å². The lowest BCUT2D eigenvalue weighted by atomic mass is 9.81. The first-order valence-electron chi connectivity index (χ1n) is 10.2. The molecule has 0 saturated carbocycles. The number of hydrogen-bond acceptors (Lipinski definition) is 6. The van der Waals surface area contributed by atoms with Gasteiger partial charge in [0.2, 0.25) is 5.91 Å². The minimum Gasteiger partial charge on any atom is -0.497 e. The van der Waals surface area contributed by atoms with Crippen molar-refractivity contribution in [1.82, 2.24) is 10.0 Å². The molecule has 2 aromatic carbocycles. The number of methoxy groups -OCH3 is 2. The Hall–Kier alpha value is -2.90. The van der Waals surface area contributed by atoms with E-state index < -0.39 is 11.5 Å². The number of ether oxygens (including phenoxy) is 2.